The highest BCUT2D eigenvalue weighted by Gasteiger charge is 2.57. The van der Waals surface area contributed by atoms with Crippen molar-refractivity contribution in [2.45, 2.75) is 44.2 Å². The van der Waals surface area contributed by atoms with Crippen molar-refractivity contribution in [2.24, 2.45) is 0 Å². The zero-order chi connectivity index (χ0) is 11.9. The summed E-state index contributed by atoms with van der Waals surface area (Å²) in [6, 6.07) is 0. The quantitative estimate of drug-likeness (QED) is 0.702. The van der Waals surface area contributed by atoms with E-state index in [-0.39, 0.29) is 0 Å². The monoisotopic (exact) mass is 219 g/mol. The van der Waals surface area contributed by atoms with E-state index in [1.165, 1.54) is 7.11 Å². The molecular weight excluding hydrogens is 204 g/mol. The first-order valence-corrected chi connectivity index (χ1v) is 4.69. The van der Waals surface area contributed by atoms with Gasteiger partial charge in [-0.05, 0) is 13.8 Å². The van der Waals surface area contributed by atoms with Crippen LogP contribution in [0.1, 0.15) is 13.8 Å². The number of hydrogen-bond acceptors (Lipinski definition) is 6. The summed E-state index contributed by atoms with van der Waals surface area (Å²) >= 11 is 0. The summed E-state index contributed by atoms with van der Waals surface area (Å²) in [6.07, 6.45) is -2.74. The molecule has 2 fully saturated rings. The molecule has 0 aromatic carbocycles. The zero-order valence-electron chi connectivity index (χ0n) is 9.76. The Hall–Kier alpha value is -0.690. The average Bonchev–Trinajstić information content (AvgIpc) is 2.69. The van der Waals surface area contributed by atoms with Crippen molar-refractivity contribution in [3.8, 4) is 0 Å². The minimum Gasteiger partial charge on any atom is -0.479 e. The molecule has 0 aliphatic carbocycles. The average molecular weight is 219 g/mol. The van der Waals surface area contributed by atoms with Crippen LogP contribution in [0.15, 0.2) is 0 Å². The van der Waals surface area contributed by atoms with E-state index in [0.29, 0.717) is 0 Å². The van der Waals surface area contributed by atoms with Gasteiger partial charge >= 0.3 is 5.97 Å². The van der Waals surface area contributed by atoms with Crippen LogP contribution in [0.25, 0.3) is 1.43 Å². The third-order valence-electron chi connectivity index (χ3n) is 2.48. The van der Waals surface area contributed by atoms with E-state index in [2.05, 4.69) is 5.11 Å². The van der Waals surface area contributed by atoms with Crippen molar-refractivity contribution in [2.75, 3.05) is 7.11 Å². The molecule has 0 radical (unpaired) electrons. The van der Waals surface area contributed by atoms with Gasteiger partial charge in [0.25, 0.3) is 1.43 Å². The lowest BCUT2D eigenvalue weighted by Crippen LogP contribution is -2.35. The standard InChI is InChI=1S/C9H14O6/c1-9(2)14-4-5(7(10)11)13-8(12-3)6(4)15-9/h4-6,8H,1-3H3,(H,10,11)/t4-,5+,6-,8-/m1/s1/i/hD. The van der Waals surface area contributed by atoms with E-state index in [9.17, 15) is 4.79 Å². The van der Waals surface area contributed by atoms with Gasteiger partial charge in [0, 0.05) is 7.11 Å². The molecular formula is C9H14O6. The van der Waals surface area contributed by atoms with Crippen LogP contribution in [0, 0.1) is 0 Å². The lowest BCUT2D eigenvalue weighted by Gasteiger charge is -2.22. The first kappa shape index (κ1) is 9.53. The Labute approximate surface area is 88.5 Å². The smallest absolute Gasteiger partial charge is 0.335 e. The molecule has 1 N–H and O–H groups in total. The summed E-state index contributed by atoms with van der Waals surface area (Å²) in [5.41, 5.74) is 0. The largest absolute Gasteiger partial charge is 0.479 e. The van der Waals surface area contributed by atoms with Gasteiger partial charge in [-0.3, -0.25) is 0 Å². The van der Waals surface area contributed by atoms with Crippen molar-refractivity contribution in [3.05, 3.63) is 0 Å². The molecule has 0 unspecified atom stereocenters. The van der Waals surface area contributed by atoms with Crippen molar-refractivity contribution < 1.29 is 28.9 Å². The van der Waals surface area contributed by atoms with Gasteiger partial charge in [0.15, 0.2) is 18.2 Å². The molecule has 0 spiro atoms. The number of methoxy groups -OCH3 is 1. The van der Waals surface area contributed by atoms with E-state index in [1.54, 1.807) is 13.8 Å². The molecule has 0 aromatic rings. The number of ether oxygens (including phenoxy) is 4. The van der Waals surface area contributed by atoms with E-state index in [1.807, 2.05) is 0 Å². The molecule has 6 nitrogen and oxygen atoms in total. The van der Waals surface area contributed by atoms with Gasteiger partial charge in [-0.1, -0.05) is 0 Å². The van der Waals surface area contributed by atoms with E-state index in [4.69, 9.17) is 20.4 Å². The lowest BCUT2D eigenvalue weighted by atomic mass is 10.1. The van der Waals surface area contributed by atoms with Crippen molar-refractivity contribution in [1.29, 1.82) is 1.43 Å². The fraction of sp³-hybridized carbons (Fsp3) is 0.889. The van der Waals surface area contributed by atoms with E-state index in [0.717, 1.165) is 0 Å². The maximum atomic E-state index is 11.3. The number of rotatable bonds is 2. The summed E-state index contributed by atoms with van der Waals surface area (Å²) in [5, 5.41) is 3.90. The van der Waals surface area contributed by atoms with E-state index < -0.39 is 36.4 Å². The van der Waals surface area contributed by atoms with Crippen molar-refractivity contribution >= 4 is 5.97 Å². The second kappa shape index (κ2) is 3.41. The predicted molar refractivity (Wildman–Crippen MR) is 47.1 cm³/mol. The number of carboxylic acid groups (broad SMARTS) is 1. The topological polar surface area (TPSA) is 74.2 Å². The van der Waals surface area contributed by atoms with Crippen LogP contribution in [-0.2, 0) is 23.7 Å². The first-order chi connectivity index (χ1) is 7.48. The highest BCUT2D eigenvalue weighted by molar-refractivity contribution is 5.73. The van der Waals surface area contributed by atoms with Gasteiger partial charge in [0.2, 0.25) is 0 Å². The Morgan fingerprint density at radius 1 is 1.47 bits per heavy atom. The number of carbonyl (C=O) groups is 1. The Bertz CT molecular complexity index is 294. The van der Waals surface area contributed by atoms with Gasteiger partial charge in [-0.25, -0.2) is 4.79 Å². The van der Waals surface area contributed by atoms with E-state index >= 15 is 0 Å². The molecule has 2 aliphatic rings. The van der Waals surface area contributed by atoms with Crippen LogP contribution >= 0.6 is 0 Å². The molecule has 15 heavy (non-hydrogen) atoms. The van der Waals surface area contributed by atoms with Crippen LogP contribution in [0.4, 0.5) is 0 Å². The predicted octanol–water partition coefficient (Wildman–Crippen LogP) is -0.0376. The highest BCUT2D eigenvalue weighted by atomic mass is 16.8. The molecule has 86 valence electrons. The van der Waals surface area contributed by atoms with Gasteiger partial charge < -0.3 is 24.1 Å². The fourth-order valence-corrected chi connectivity index (χ4v) is 1.94. The van der Waals surface area contributed by atoms with Gasteiger partial charge in [-0.2, -0.15) is 0 Å². The summed E-state index contributed by atoms with van der Waals surface area (Å²) in [5.74, 6) is -1.60. The number of fused-ring (bicyclic) bond motifs is 1. The molecule has 2 saturated heterocycles. The maximum absolute atomic E-state index is 11.3. The summed E-state index contributed by atoms with van der Waals surface area (Å²) in [6.45, 7) is 3.47. The summed E-state index contributed by atoms with van der Waals surface area (Å²) in [4.78, 5) is 11.3. The normalized spacial score (nSPS) is 43.5. The van der Waals surface area contributed by atoms with Crippen LogP contribution in [0.3, 0.4) is 0 Å². The Kier molecular flexibility index (Phi) is 2.17. The Balaban J connectivity index is 2.17. The molecule has 2 aliphatic heterocycles. The van der Waals surface area contributed by atoms with Crippen molar-refractivity contribution in [1.82, 2.24) is 0 Å². The second-order valence-corrected chi connectivity index (χ2v) is 4.04. The molecule has 4 atom stereocenters. The maximum Gasteiger partial charge on any atom is 0.335 e. The minimum absolute atomic E-state index is 0.482. The number of aliphatic carboxylic acids is 1. The number of carboxylic acids is 1. The van der Waals surface area contributed by atoms with Crippen LogP contribution in [-0.4, -0.2) is 48.6 Å². The van der Waals surface area contributed by atoms with Crippen molar-refractivity contribution in [3.63, 3.8) is 0 Å². The Morgan fingerprint density at radius 3 is 2.73 bits per heavy atom. The van der Waals surface area contributed by atoms with Gasteiger partial charge in [0.05, 0.1) is 0 Å². The van der Waals surface area contributed by atoms with Crippen LogP contribution < -0.4 is 0 Å². The lowest BCUT2D eigenvalue weighted by molar-refractivity contribution is -0.229. The molecule has 2 heterocycles. The third-order valence-corrected chi connectivity index (χ3v) is 2.48. The molecule has 2 rings (SSSR count). The fourth-order valence-electron chi connectivity index (χ4n) is 1.94. The zero-order valence-corrected chi connectivity index (χ0v) is 8.76. The molecule has 0 bridgehead atoms. The van der Waals surface area contributed by atoms with Gasteiger partial charge in [0.1, 0.15) is 12.2 Å². The first-order valence-electron chi connectivity index (χ1n) is 5.10. The second-order valence-electron chi connectivity index (χ2n) is 4.04. The molecule has 0 aromatic heterocycles. The molecule has 0 amide bonds. The minimum atomic E-state index is -0.978. The number of hydrogen-bond donors (Lipinski definition) is 1. The van der Waals surface area contributed by atoms with Gasteiger partial charge in [-0.15, -0.1) is 0 Å². The summed E-state index contributed by atoms with van der Waals surface area (Å²) in [7, 11) is 1.45. The highest BCUT2D eigenvalue weighted by Crippen LogP contribution is 2.38. The van der Waals surface area contributed by atoms with Crippen LogP contribution in [0.2, 0.25) is 0 Å². The SMILES string of the molecule is [2H]OC(=O)[C@H]1O[C@@H](OC)[C@@H]2OC(C)(C)O[C@@H]21. The Morgan fingerprint density at radius 2 is 2.13 bits per heavy atom. The van der Waals surface area contributed by atoms with Crippen LogP contribution in [0.5, 0.6) is 0 Å². The summed E-state index contributed by atoms with van der Waals surface area (Å²) < 4.78 is 28.0. The molecule has 0 saturated carbocycles. The molecule has 6 heteroatoms. The third kappa shape index (κ3) is 1.74.